The Morgan fingerprint density at radius 2 is 1.88 bits per heavy atom. The predicted octanol–water partition coefficient (Wildman–Crippen LogP) is 2.31. The molecule has 1 saturated heterocycles. The van der Waals surface area contributed by atoms with E-state index in [1.165, 1.54) is 0 Å². The number of hydrogen-bond donors (Lipinski definition) is 0. The molecule has 132 valence electrons. The van der Waals surface area contributed by atoms with Gasteiger partial charge in [0.05, 0.1) is 14.2 Å². The molecular formula is C18H26N2O4. The number of amides is 2. The average Bonchev–Trinajstić information content (AvgIpc) is 2.55. The van der Waals surface area contributed by atoms with Gasteiger partial charge in [-0.3, -0.25) is 9.59 Å². The minimum atomic E-state index is -0.460. The zero-order valence-electron chi connectivity index (χ0n) is 15.0. The lowest BCUT2D eigenvalue weighted by molar-refractivity contribution is -0.141. The Kier molecular flexibility index (Phi) is 5.70. The first-order chi connectivity index (χ1) is 11.4. The summed E-state index contributed by atoms with van der Waals surface area (Å²) < 4.78 is 10.5. The third-order valence-electron chi connectivity index (χ3n) is 4.24. The van der Waals surface area contributed by atoms with E-state index < -0.39 is 6.04 Å². The Morgan fingerprint density at radius 3 is 2.46 bits per heavy atom. The normalized spacial score (nSPS) is 18.1. The first-order valence-electron chi connectivity index (χ1n) is 8.22. The van der Waals surface area contributed by atoms with Crippen LogP contribution in [0.2, 0.25) is 0 Å². The monoisotopic (exact) mass is 334 g/mol. The highest BCUT2D eigenvalue weighted by Gasteiger charge is 2.35. The van der Waals surface area contributed by atoms with Crippen LogP contribution >= 0.6 is 0 Å². The Balaban J connectivity index is 2.18. The molecule has 0 aromatic heterocycles. The number of rotatable bonds is 5. The SMILES string of the molecule is COc1ccc(N2CCN(C(=O)CC(C)C)[C@H](C)C2=O)cc1OC. The lowest BCUT2D eigenvalue weighted by Crippen LogP contribution is -2.57. The number of carbonyl (C=O) groups excluding carboxylic acids is 2. The van der Waals surface area contributed by atoms with E-state index in [-0.39, 0.29) is 17.7 Å². The maximum atomic E-state index is 12.7. The second-order valence-electron chi connectivity index (χ2n) is 6.39. The van der Waals surface area contributed by atoms with Gasteiger partial charge < -0.3 is 19.3 Å². The van der Waals surface area contributed by atoms with Gasteiger partial charge in [-0.1, -0.05) is 13.8 Å². The van der Waals surface area contributed by atoms with E-state index >= 15 is 0 Å². The highest BCUT2D eigenvalue weighted by Crippen LogP contribution is 2.32. The summed E-state index contributed by atoms with van der Waals surface area (Å²) in [6.45, 7) is 6.80. The van der Waals surface area contributed by atoms with Crippen LogP contribution < -0.4 is 14.4 Å². The van der Waals surface area contributed by atoms with Gasteiger partial charge in [-0.15, -0.1) is 0 Å². The van der Waals surface area contributed by atoms with Crippen molar-refractivity contribution in [2.45, 2.75) is 33.2 Å². The van der Waals surface area contributed by atoms with E-state index in [9.17, 15) is 9.59 Å². The van der Waals surface area contributed by atoms with Gasteiger partial charge in [0.2, 0.25) is 11.8 Å². The molecular weight excluding hydrogens is 308 g/mol. The number of methoxy groups -OCH3 is 2. The summed E-state index contributed by atoms with van der Waals surface area (Å²) in [5.41, 5.74) is 0.750. The Labute approximate surface area is 143 Å². The maximum absolute atomic E-state index is 12.7. The summed E-state index contributed by atoms with van der Waals surface area (Å²) >= 11 is 0. The Hall–Kier alpha value is -2.24. The zero-order valence-corrected chi connectivity index (χ0v) is 15.0. The molecule has 0 unspecified atom stereocenters. The highest BCUT2D eigenvalue weighted by molar-refractivity contribution is 6.00. The van der Waals surface area contributed by atoms with Crippen LogP contribution in [-0.2, 0) is 9.59 Å². The first-order valence-corrected chi connectivity index (χ1v) is 8.22. The number of hydrogen-bond acceptors (Lipinski definition) is 4. The van der Waals surface area contributed by atoms with E-state index in [0.717, 1.165) is 5.69 Å². The molecule has 1 aromatic rings. The summed E-state index contributed by atoms with van der Waals surface area (Å²) in [5.74, 6) is 1.44. The van der Waals surface area contributed by atoms with Gasteiger partial charge in [-0.05, 0) is 25.0 Å². The summed E-state index contributed by atoms with van der Waals surface area (Å²) in [6, 6.07) is 4.94. The van der Waals surface area contributed by atoms with Crippen molar-refractivity contribution in [2.24, 2.45) is 5.92 Å². The lowest BCUT2D eigenvalue weighted by atomic mass is 10.1. The van der Waals surface area contributed by atoms with Gasteiger partial charge in [-0.2, -0.15) is 0 Å². The van der Waals surface area contributed by atoms with Crippen LogP contribution in [0.4, 0.5) is 5.69 Å². The van der Waals surface area contributed by atoms with E-state index in [2.05, 4.69) is 0 Å². The van der Waals surface area contributed by atoms with Crippen LogP contribution in [-0.4, -0.2) is 50.1 Å². The predicted molar refractivity (Wildman–Crippen MR) is 92.5 cm³/mol. The molecule has 6 heteroatoms. The summed E-state index contributed by atoms with van der Waals surface area (Å²) in [7, 11) is 3.14. The van der Waals surface area contributed by atoms with Gasteiger partial charge in [0.25, 0.3) is 0 Å². The van der Waals surface area contributed by atoms with Crippen molar-refractivity contribution in [3.8, 4) is 11.5 Å². The van der Waals surface area contributed by atoms with Crippen molar-refractivity contribution in [1.29, 1.82) is 0 Å². The molecule has 1 aromatic carbocycles. The van der Waals surface area contributed by atoms with Crippen molar-refractivity contribution >= 4 is 17.5 Å². The lowest BCUT2D eigenvalue weighted by Gasteiger charge is -2.39. The minimum absolute atomic E-state index is 0.0396. The Bertz CT molecular complexity index is 615. The molecule has 0 bridgehead atoms. The van der Waals surface area contributed by atoms with Gasteiger partial charge in [0.1, 0.15) is 6.04 Å². The fraction of sp³-hybridized carbons (Fsp3) is 0.556. The van der Waals surface area contributed by atoms with E-state index in [0.29, 0.717) is 31.0 Å². The summed E-state index contributed by atoms with van der Waals surface area (Å²) in [6.07, 6.45) is 0.466. The summed E-state index contributed by atoms with van der Waals surface area (Å²) in [5, 5.41) is 0. The van der Waals surface area contributed by atoms with Gasteiger partial charge in [0, 0.05) is 31.3 Å². The Morgan fingerprint density at radius 1 is 1.21 bits per heavy atom. The van der Waals surface area contributed by atoms with Crippen molar-refractivity contribution in [3.63, 3.8) is 0 Å². The van der Waals surface area contributed by atoms with Crippen molar-refractivity contribution in [1.82, 2.24) is 4.90 Å². The summed E-state index contributed by atoms with van der Waals surface area (Å²) in [4.78, 5) is 28.4. The number of carbonyl (C=O) groups is 2. The van der Waals surface area contributed by atoms with Crippen LogP contribution in [0.3, 0.4) is 0 Å². The quantitative estimate of drug-likeness (QED) is 0.829. The molecule has 24 heavy (non-hydrogen) atoms. The number of benzene rings is 1. The largest absolute Gasteiger partial charge is 0.493 e. The third kappa shape index (κ3) is 3.63. The van der Waals surface area contributed by atoms with E-state index in [1.54, 1.807) is 43.1 Å². The van der Waals surface area contributed by atoms with E-state index in [4.69, 9.17) is 9.47 Å². The number of anilines is 1. The number of piperazine rings is 1. The molecule has 1 atom stereocenters. The van der Waals surface area contributed by atoms with Crippen LogP contribution in [0, 0.1) is 5.92 Å². The van der Waals surface area contributed by atoms with Gasteiger partial charge in [-0.25, -0.2) is 0 Å². The topological polar surface area (TPSA) is 59.1 Å². The van der Waals surface area contributed by atoms with Crippen molar-refractivity contribution in [3.05, 3.63) is 18.2 Å². The molecule has 0 radical (unpaired) electrons. The molecule has 1 aliphatic heterocycles. The minimum Gasteiger partial charge on any atom is -0.493 e. The van der Waals surface area contributed by atoms with Crippen LogP contribution in [0.25, 0.3) is 0 Å². The van der Waals surface area contributed by atoms with Gasteiger partial charge >= 0.3 is 0 Å². The first kappa shape index (κ1) is 18.1. The molecule has 1 heterocycles. The molecule has 2 rings (SSSR count). The van der Waals surface area contributed by atoms with Crippen LogP contribution in [0.5, 0.6) is 11.5 Å². The number of nitrogens with zero attached hydrogens (tertiary/aromatic N) is 2. The fourth-order valence-corrected chi connectivity index (χ4v) is 2.93. The molecule has 1 aliphatic rings. The smallest absolute Gasteiger partial charge is 0.249 e. The van der Waals surface area contributed by atoms with E-state index in [1.807, 2.05) is 19.9 Å². The molecule has 0 spiro atoms. The molecule has 1 fully saturated rings. The number of ether oxygens (including phenoxy) is 2. The van der Waals surface area contributed by atoms with Gasteiger partial charge in [0.15, 0.2) is 11.5 Å². The zero-order chi connectivity index (χ0) is 17.9. The standard InChI is InChI=1S/C18H26N2O4/c1-12(2)10-17(21)19-8-9-20(18(22)13(19)3)14-6-7-15(23-4)16(11-14)24-5/h6-7,11-13H,8-10H2,1-5H3/t13-/m1/s1. The third-order valence-corrected chi connectivity index (χ3v) is 4.24. The second kappa shape index (κ2) is 7.55. The van der Waals surface area contributed by atoms with Crippen molar-refractivity contribution < 1.29 is 19.1 Å². The van der Waals surface area contributed by atoms with Crippen LogP contribution in [0.1, 0.15) is 27.2 Å². The molecule has 2 amide bonds. The molecule has 0 N–H and O–H groups in total. The highest BCUT2D eigenvalue weighted by atomic mass is 16.5. The molecule has 0 aliphatic carbocycles. The second-order valence-corrected chi connectivity index (χ2v) is 6.39. The molecule has 0 saturated carbocycles. The average molecular weight is 334 g/mol. The van der Waals surface area contributed by atoms with Crippen molar-refractivity contribution in [2.75, 3.05) is 32.2 Å². The molecule has 6 nitrogen and oxygen atoms in total. The maximum Gasteiger partial charge on any atom is 0.249 e. The van der Waals surface area contributed by atoms with Crippen LogP contribution in [0.15, 0.2) is 18.2 Å². The fourth-order valence-electron chi connectivity index (χ4n) is 2.93.